The monoisotopic (exact) mass is 506 g/mol. The molecule has 1 N–H and O–H groups in total. The zero-order valence-corrected chi connectivity index (χ0v) is 20.7. The van der Waals surface area contributed by atoms with Crippen LogP contribution in [0.15, 0.2) is 17.1 Å². The summed E-state index contributed by atoms with van der Waals surface area (Å²) in [4.78, 5) is 12.3. The molecule has 7 heteroatoms. The Bertz CT molecular complexity index is 652. The van der Waals surface area contributed by atoms with Crippen molar-refractivity contribution in [2.24, 2.45) is 10.4 Å². The molecule has 5 nitrogen and oxygen atoms in total. The molecule has 2 aliphatic heterocycles. The van der Waals surface area contributed by atoms with Crippen LogP contribution in [0.1, 0.15) is 43.5 Å². The normalized spacial score (nSPS) is 23.3. The second-order valence-electron chi connectivity index (χ2n) is 8.57. The van der Waals surface area contributed by atoms with E-state index in [1.807, 2.05) is 18.4 Å². The lowest BCUT2D eigenvalue weighted by atomic mass is 9.65. The maximum Gasteiger partial charge on any atom is 0.194 e. The molecule has 3 heterocycles. The zero-order valence-electron chi connectivity index (χ0n) is 17.5. The van der Waals surface area contributed by atoms with Crippen molar-refractivity contribution in [2.75, 3.05) is 46.4 Å². The molecular formula is C20H35IN4OS. The number of rotatable bonds is 4. The molecule has 1 aromatic heterocycles. The van der Waals surface area contributed by atoms with Gasteiger partial charge < -0.3 is 15.0 Å². The maximum atomic E-state index is 5.56. The van der Waals surface area contributed by atoms with Gasteiger partial charge in [0.15, 0.2) is 5.96 Å². The van der Waals surface area contributed by atoms with Crippen molar-refractivity contribution >= 4 is 41.3 Å². The van der Waals surface area contributed by atoms with Crippen LogP contribution in [-0.2, 0) is 4.74 Å². The van der Waals surface area contributed by atoms with Crippen molar-refractivity contribution in [3.63, 3.8) is 0 Å². The van der Waals surface area contributed by atoms with Crippen molar-refractivity contribution in [2.45, 2.75) is 46.2 Å². The van der Waals surface area contributed by atoms with Gasteiger partial charge in [-0.3, -0.25) is 9.89 Å². The summed E-state index contributed by atoms with van der Waals surface area (Å²) >= 11 is 1.90. The molecule has 27 heavy (non-hydrogen) atoms. The zero-order chi connectivity index (χ0) is 18.9. The van der Waals surface area contributed by atoms with Crippen LogP contribution in [0.25, 0.3) is 0 Å². The van der Waals surface area contributed by atoms with Crippen LogP contribution in [0, 0.1) is 12.3 Å². The molecule has 0 amide bonds. The summed E-state index contributed by atoms with van der Waals surface area (Å²) < 4.78 is 5.56. The number of nitrogens with one attached hydrogen (secondary N) is 1. The molecule has 154 valence electrons. The quantitative estimate of drug-likeness (QED) is 0.384. The number of ether oxygens (including phenoxy) is 1. The molecule has 1 unspecified atom stereocenters. The minimum absolute atomic E-state index is 0. The second kappa shape index (κ2) is 8.97. The number of hydrogen-bond donors (Lipinski definition) is 1. The smallest absolute Gasteiger partial charge is 0.194 e. The van der Waals surface area contributed by atoms with Gasteiger partial charge in [-0.15, -0.1) is 35.3 Å². The summed E-state index contributed by atoms with van der Waals surface area (Å²) in [5, 5.41) is 3.67. The number of aryl methyl sites for hydroxylation is 1. The van der Waals surface area contributed by atoms with E-state index in [-0.39, 0.29) is 29.5 Å². The Morgan fingerprint density at radius 2 is 1.93 bits per heavy atom. The van der Waals surface area contributed by atoms with Gasteiger partial charge in [0, 0.05) is 53.9 Å². The second-order valence-corrected chi connectivity index (χ2v) is 9.89. The molecule has 1 atom stereocenters. The highest BCUT2D eigenvalue weighted by atomic mass is 127. The van der Waals surface area contributed by atoms with E-state index < -0.39 is 0 Å². The third-order valence-corrected chi connectivity index (χ3v) is 7.48. The number of halogens is 1. The number of aliphatic imine (C=N–C) groups is 1. The lowest BCUT2D eigenvalue weighted by molar-refractivity contribution is -0.0670. The number of hydrogen-bond acceptors (Lipinski definition) is 4. The molecule has 0 aliphatic carbocycles. The fourth-order valence-electron chi connectivity index (χ4n) is 3.81. The van der Waals surface area contributed by atoms with Crippen LogP contribution in [0.4, 0.5) is 0 Å². The first-order valence-corrected chi connectivity index (χ1v) is 10.4. The van der Waals surface area contributed by atoms with E-state index in [9.17, 15) is 0 Å². The fourth-order valence-corrected chi connectivity index (χ4v) is 4.83. The van der Waals surface area contributed by atoms with Gasteiger partial charge in [0.25, 0.3) is 0 Å². The van der Waals surface area contributed by atoms with Gasteiger partial charge in [-0.25, -0.2) is 0 Å². The van der Waals surface area contributed by atoms with E-state index in [0.717, 1.165) is 45.4 Å². The van der Waals surface area contributed by atoms with E-state index in [4.69, 9.17) is 4.74 Å². The SMILES string of the molecule is CN=C(NCC(c1ccc(C)s1)N1CCOCC1)N1CC(C)(C)C1(C)C.I. The Morgan fingerprint density at radius 3 is 2.41 bits per heavy atom. The van der Waals surface area contributed by atoms with Crippen LogP contribution in [0.3, 0.4) is 0 Å². The first-order valence-electron chi connectivity index (χ1n) is 9.63. The topological polar surface area (TPSA) is 40.1 Å². The fraction of sp³-hybridized carbons (Fsp3) is 0.750. The van der Waals surface area contributed by atoms with Gasteiger partial charge in [0.1, 0.15) is 0 Å². The third-order valence-electron chi connectivity index (χ3n) is 6.38. The minimum Gasteiger partial charge on any atom is -0.379 e. The Kier molecular flexibility index (Phi) is 7.61. The van der Waals surface area contributed by atoms with Gasteiger partial charge in [-0.05, 0) is 32.9 Å². The number of nitrogens with zero attached hydrogens (tertiary/aromatic N) is 3. The van der Waals surface area contributed by atoms with Crippen LogP contribution >= 0.6 is 35.3 Å². The van der Waals surface area contributed by atoms with Crippen LogP contribution < -0.4 is 5.32 Å². The van der Waals surface area contributed by atoms with Crippen molar-refractivity contribution in [1.82, 2.24) is 15.1 Å². The summed E-state index contributed by atoms with van der Waals surface area (Å²) in [7, 11) is 1.89. The van der Waals surface area contributed by atoms with Gasteiger partial charge in [-0.2, -0.15) is 0 Å². The first kappa shape index (κ1) is 22.9. The molecule has 2 saturated heterocycles. The Labute approximate surface area is 185 Å². The first-order chi connectivity index (χ1) is 12.3. The van der Waals surface area contributed by atoms with Crippen LogP contribution in [0.2, 0.25) is 0 Å². The molecule has 0 spiro atoms. The summed E-state index contributed by atoms with van der Waals surface area (Å²) in [5.41, 5.74) is 0.419. The molecule has 2 fully saturated rings. The molecule has 0 bridgehead atoms. The summed E-state index contributed by atoms with van der Waals surface area (Å²) in [6, 6.07) is 4.87. The predicted molar refractivity (Wildman–Crippen MR) is 126 cm³/mol. The van der Waals surface area contributed by atoms with Crippen molar-refractivity contribution in [3.8, 4) is 0 Å². The Balaban J connectivity index is 0.00000261. The van der Waals surface area contributed by atoms with E-state index in [1.54, 1.807) is 0 Å². The number of likely N-dealkylation sites (tertiary alicyclic amines) is 1. The summed E-state index contributed by atoms with van der Waals surface area (Å²) in [5.74, 6) is 1.01. The molecule has 2 aliphatic rings. The average molecular weight is 506 g/mol. The lowest BCUT2D eigenvalue weighted by Gasteiger charge is -2.62. The van der Waals surface area contributed by atoms with Crippen molar-refractivity contribution in [3.05, 3.63) is 21.9 Å². The predicted octanol–water partition coefficient (Wildman–Crippen LogP) is 3.74. The molecule has 0 aromatic carbocycles. The summed E-state index contributed by atoms with van der Waals surface area (Å²) in [6.45, 7) is 17.0. The van der Waals surface area contributed by atoms with E-state index in [0.29, 0.717) is 11.5 Å². The standard InChI is InChI=1S/C20H34N4OS.HI/c1-15-7-8-17(26-15)16(23-9-11-25-12-10-23)13-22-18(21-6)24-14-19(2,3)20(24,4)5;/h7-8,16H,9-14H2,1-6H3,(H,21,22);1H. The number of guanidine groups is 1. The van der Waals surface area contributed by atoms with Gasteiger partial charge in [0.2, 0.25) is 0 Å². The molecule has 3 rings (SSSR count). The molecule has 0 saturated carbocycles. The van der Waals surface area contributed by atoms with Crippen molar-refractivity contribution < 1.29 is 4.74 Å². The van der Waals surface area contributed by atoms with Gasteiger partial charge >= 0.3 is 0 Å². The van der Waals surface area contributed by atoms with Crippen LogP contribution in [0.5, 0.6) is 0 Å². The number of thiophene rings is 1. The lowest BCUT2D eigenvalue weighted by Crippen LogP contribution is -2.72. The summed E-state index contributed by atoms with van der Waals surface area (Å²) in [6.07, 6.45) is 0. The van der Waals surface area contributed by atoms with Gasteiger partial charge in [-0.1, -0.05) is 13.8 Å². The Hall–Kier alpha value is -0.380. The minimum atomic E-state index is 0. The maximum absolute atomic E-state index is 5.56. The number of morpholine rings is 1. The Morgan fingerprint density at radius 1 is 1.26 bits per heavy atom. The molecule has 0 radical (unpaired) electrons. The molecular weight excluding hydrogens is 471 g/mol. The molecule has 1 aromatic rings. The van der Waals surface area contributed by atoms with Crippen molar-refractivity contribution in [1.29, 1.82) is 0 Å². The van der Waals surface area contributed by atoms with E-state index in [2.05, 4.69) is 66.9 Å². The third kappa shape index (κ3) is 4.62. The van der Waals surface area contributed by atoms with E-state index >= 15 is 0 Å². The van der Waals surface area contributed by atoms with Gasteiger partial charge in [0.05, 0.1) is 19.3 Å². The highest BCUT2D eigenvalue weighted by molar-refractivity contribution is 14.0. The average Bonchev–Trinajstić information content (AvgIpc) is 3.04. The largest absolute Gasteiger partial charge is 0.379 e. The highest BCUT2D eigenvalue weighted by Crippen LogP contribution is 2.46. The van der Waals surface area contributed by atoms with E-state index in [1.165, 1.54) is 9.75 Å². The highest BCUT2D eigenvalue weighted by Gasteiger charge is 2.53. The van der Waals surface area contributed by atoms with Crippen LogP contribution in [-0.4, -0.2) is 67.7 Å².